The summed E-state index contributed by atoms with van der Waals surface area (Å²) in [5.41, 5.74) is 0.0156. The van der Waals surface area contributed by atoms with Gasteiger partial charge >= 0.3 is 12.1 Å². The Morgan fingerprint density at radius 2 is 1.77 bits per heavy atom. The van der Waals surface area contributed by atoms with Crippen LogP contribution in [0.1, 0.15) is 22.6 Å². The lowest BCUT2D eigenvalue weighted by Crippen LogP contribution is -2.15. The van der Waals surface area contributed by atoms with Crippen LogP contribution < -0.4 is 0 Å². The number of halogens is 3. The summed E-state index contributed by atoms with van der Waals surface area (Å²) in [7, 11) is 0. The monoisotopic (exact) mass is 326 g/mol. The molecule has 0 heterocycles. The van der Waals surface area contributed by atoms with Gasteiger partial charge in [0, 0.05) is 4.90 Å². The zero-order chi connectivity index (χ0) is 16.3. The molecule has 2 aromatic rings. The van der Waals surface area contributed by atoms with Crippen molar-refractivity contribution in [3.8, 4) is 0 Å². The molecule has 0 saturated heterocycles. The fourth-order valence-electron chi connectivity index (χ4n) is 2.15. The van der Waals surface area contributed by atoms with E-state index in [4.69, 9.17) is 0 Å². The average Bonchev–Trinajstić information content (AvgIpc) is 2.45. The van der Waals surface area contributed by atoms with Crippen molar-refractivity contribution in [2.24, 2.45) is 0 Å². The Labute approximate surface area is 131 Å². The van der Waals surface area contributed by atoms with Crippen LogP contribution in [0.15, 0.2) is 53.4 Å². The third-order valence-corrected chi connectivity index (χ3v) is 3.59. The van der Waals surface area contributed by atoms with E-state index in [0.29, 0.717) is 0 Å². The molecule has 1 atom stereocenters. The second-order valence-corrected chi connectivity index (χ2v) is 5.40. The zero-order valence-electron chi connectivity index (χ0n) is 11.3. The summed E-state index contributed by atoms with van der Waals surface area (Å²) in [6.45, 7) is 0. The van der Waals surface area contributed by atoms with Crippen molar-refractivity contribution in [3.05, 3.63) is 65.2 Å². The molecule has 0 aromatic heterocycles. The van der Waals surface area contributed by atoms with Gasteiger partial charge in [-0.1, -0.05) is 30.3 Å². The molecule has 1 unspecified atom stereocenters. The third-order valence-electron chi connectivity index (χ3n) is 3.29. The fourth-order valence-corrected chi connectivity index (χ4v) is 2.30. The van der Waals surface area contributed by atoms with Crippen molar-refractivity contribution >= 4 is 18.6 Å². The molecule has 2 aromatic carbocycles. The molecule has 0 aliphatic carbocycles. The van der Waals surface area contributed by atoms with Gasteiger partial charge in [-0.15, -0.1) is 12.6 Å². The molecule has 0 bridgehead atoms. The first kappa shape index (κ1) is 16.4. The maximum Gasteiger partial charge on any atom is 0.416 e. The van der Waals surface area contributed by atoms with Gasteiger partial charge in [0.2, 0.25) is 0 Å². The molecule has 6 heteroatoms. The number of carbonyl (C=O) groups is 1. The highest BCUT2D eigenvalue weighted by Gasteiger charge is 2.31. The molecule has 1 N–H and O–H groups in total. The highest BCUT2D eigenvalue weighted by atomic mass is 32.1. The predicted octanol–water partition coefficient (Wildman–Crippen LogP) is 4.41. The van der Waals surface area contributed by atoms with E-state index in [2.05, 4.69) is 12.6 Å². The first-order chi connectivity index (χ1) is 10.3. The number of benzene rings is 2. The number of thiol groups is 1. The van der Waals surface area contributed by atoms with Gasteiger partial charge < -0.3 is 5.11 Å². The van der Waals surface area contributed by atoms with Gasteiger partial charge in [0.15, 0.2) is 0 Å². The van der Waals surface area contributed by atoms with E-state index in [1.807, 2.05) is 0 Å². The Bertz CT molecular complexity index is 666. The summed E-state index contributed by atoms with van der Waals surface area (Å²) in [6.07, 6.45) is -4.38. The maximum atomic E-state index is 12.7. The van der Waals surface area contributed by atoms with Gasteiger partial charge in [0.05, 0.1) is 11.5 Å². The molecule has 2 nitrogen and oxygen atoms in total. The maximum absolute atomic E-state index is 12.7. The summed E-state index contributed by atoms with van der Waals surface area (Å²) >= 11 is 4.14. The minimum absolute atomic E-state index is 0.116. The second kappa shape index (κ2) is 6.44. The fraction of sp³-hybridized carbons (Fsp3) is 0.188. The number of carboxylic acids is 1. The Morgan fingerprint density at radius 3 is 2.32 bits per heavy atom. The number of alkyl halides is 3. The SMILES string of the molecule is O=C(O)C(Cc1ccc(S)cc1)c1cccc(C(F)(F)F)c1. The number of hydrogen-bond acceptors (Lipinski definition) is 2. The summed E-state index contributed by atoms with van der Waals surface area (Å²) in [4.78, 5) is 12.2. The smallest absolute Gasteiger partial charge is 0.416 e. The number of aliphatic carboxylic acids is 1. The molecule has 0 amide bonds. The van der Waals surface area contributed by atoms with E-state index >= 15 is 0 Å². The first-order valence-corrected chi connectivity index (χ1v) is 6.90. The summed E-state index contributed by atoms with van der Waals surface area (Å²) in [6, 6.07) is 11.3. The molecule has 0 radical (unpaired) electrons. The van der Waals surface area contributed by atoms with Crippen LogP contribution in [0.2, 0.25) is 0 Å². The Kier molecular flexibility index (Phi) is 4.81. The molecule has 0 aliphatic heterocycles. The van der Waals surface area contributed by atoms with Crippen LogP contribution >= 0.6 is 12.6 Å². The minimum Gasteiger partial charge on any atom is -0.481 e. The van der Waals surface area contributed by atoms with E-state index in [1.54, 1.807) is 24.3 Å². The van der Waals surface area contributed by atoms with Gasteiger partial charge in [-0.25, -0.2) is 0 Å². The molecule has 0 aliphatic rings. The molecule has 0 spiro atoms. The van der Waals surface area contributed by atoms with Gasteiger partial charge in [-0.2, -0.15) is 13.2 Å². The molecular weight excluding hydrogens is 313 g/mol. The van der Waals surface area contributed by atoms with E-state index in [9.17, 15) is 23.1 Å². The van der Waals surface area contributed by atoms with Crippen molar-refractivity contribution in [2.75, 3.05) is 0 Å². The minimum atomic E-state index is -4.49. The van der Waals surface area contributed by atoms with E-state index in [-0.39, 0.29) is 12.0 Å². The zero-order valence-corrected chi connectivity index (χ0v) is 12.2. The second-order valence-electron chi connectivity index (χ2n) is 4.88. The average molecular weight is 326 g/mol. The number of hydrogen-bond donors (Lipinski definition) is 2. The van der Waals surface area contributed by atoms with E-state index in [0.717, 1.165) is 22.6 Å². The summed E-state index contributed by atoms with van der Waals surface area (Å²) < 4.78 is 38.2. The quantitative estimate of drug-likeness (QED) is 0.817. The van der Waals surface area contributed by atoms with Crippen molar-refractivity contribution in [1.82, 2.24) is 0 Å². The standard InChI is InChI=1S/C16H13F3O2S/c17-16(18,19)12-3-1-2-11(9-12)14(15(20)21)8-10-4-6-13(22)7-5-10/h1-7,9,14,22H,8H2,(H,20,21). The lowest BCUT2D eigenvalue weighted by molar-refractivity contribution is -0.140. The topological polar surface area (TPSA) is 37.3 Å². The summed E-state index contributed by atoms with van der Waals surface area (Å²) in [5, 5.41) is 9.34. The normalized spacial score (nSPS) is 12.9. The Balaban J connectivity index is 2.32. The molecule has 0 fully saturated rings. The van der Waals surface area contributed by atoms with Crippen LogP contribution in [-0.2, 0) is 17.4 Å². The van der Waals surface area contributed by atoms with Crippen molar-refractivity contribution in [1.29, 1.82) is 0 Å². The van der Waals surface area contributed by atoms with Crippen LogP contribution in [0.3, 0.4) is 0 Å². The molecule has 0 saturated carbocycles. The lowest BCUT2D eigenvalue weighted by Gasteiger charge is -2.15. The van der Waals surface area contributed by atoms with Crippen molar-refractivity contribution < 1.29 is 23.1 Å². The van der Waals surface area contributed by atoms with Crippen LogP contribution in [0.5, 0.6) is 0 Å². The number of carboxylic acid groups (broad SMARTS) is 1. The molecule has 22 heavy (non-hydrogen) atoms. The van der Waals surface area contributed by atoms with E-state index in [1.165, 1.54) is 12.1 Å². The van der Waals surface area contributed by atoms with Crippen molar-refractivity contribution in [3.63, 3.8) is 0 Å². The Morgan fingerprint density at radius 1 is 1.14 bits per heavy atom. The molecule has 116 valence electrons. The third kappa shape index (κ3) is 4.04. The highest BCUT2D eigenvalue weighted by molar-refractivity contribution is 7.80. The van der Waals surface area contributed by atoms with Crippen LogP contribution in [0.25, 0.3) is 0 Å². The van der Waals surface area contributed by atoms with Crippen LogP contribution in [0, 0.1) is 0 Å². The van der Waals surface area contributed by atoms with Gasteiger partial charge in [-0.3, -0.25) is 4.79 Å². The molecule has 2 rings (SSSR count). The lowest BCUT2D eigenvalue weighted by atomic mass is 9.91. The number of rotatable bonds is 4. The van der Waals surface area contributed by atoms with Crippen LogP contribution in [0.4, 0.5) is 13.2 Å². The summed E-state index contributed by atoms with van der Waals surface area (Å²) in [5.74, 6) is -2.19. The van der Waals surface area contributed by atoms with E-state index < -0.39 is 23.6 Å². The predicted molar refractivity (Wildman–Crippen MR) is 79.2 cm³/mol. The van der Waals surface area contributed by atoms with Gasteiger partial charge in [-0.05, 0) is 35.7 Å². The van der Waals surface area contributed by atoms with Gasteiger partial charge in [0.1, 0.15) is 0 Å². The first-order valence-electron chi connectivity index (χ1n) is 6.45. The molecular formula is C16H13F3O2S. The highest BCUT2D eigenvalue weighted by Crippen LogP contribution is 2.32. The van der Waals surface area contributed by atoms with Crippen LogP contribution in [-0.4, -0.2) is 11.1 Å². The largest absolute Gasteiger partial charge is 0.481 e. The van der Waals surface area contributed by atoms with Gasteiger partial charge in [0.25, 0.3) is 0 Å². The Hall–Kier alpha value is -1.95. The van der Waals surface area contributed by atoms with Crippen molar-refractivity contribution in [2.45, 2.75) is 23.4 Å².